The van der Waals surface area contributed by atoms with Gasteiger partial charge in [0, 0.05) is 12.7 Å². The van der Waals surface area contributed by atoms with E-state index in [1.54, 1.807) is 24.5 Å². The first-order chi connectivity index (χ1) is 11.2. The van der Waals surface area contributed by atoms with E-state index in [-0.39, 0.29) is 6.03 Å². The molecule has 0 bridgehead atoms. The zero-order valence-electron chi connectivity index (χ0n) is 12.4. The van der Waals surface area contributed by atoms with Crippen molar-refractivity contribution in [3.63, 3.8) is 0 Å². The number of hydrogen-bond acceptors (Lipinski definition) is 6. The number of pyridine rings is 2. The second-order valence-electron chi connectivity index (χ2n) is 4.50. The maximum Gasteiger partial charge on any atom is 0.320 e. The number of fused-ring (bicyclic) bond motifs is 1. The maximum absolute atomic E-state index is 11.5. The molecule has 7 nitrogen and oxygen atoms in total. The summed E-state index contributed by atoms with van der Waals surface area (Å²) in [5.41, 5.74) is 1.14. The van der Waals surface area contributed by atoms with Gasteiger partial charge in [-0.1, -0.05) is 6.07 Å². The lowest BCUT2D eigenvalue weighted by Gasteiger charge is -2.06. The molecule has 0 unspecified atom stereocenters. The van der Waals surface area contributed by atoms with Crippen LogP contribution < -0.4 is 10.6 Å². The monoisotopic (exact) mass is 326 g/mol. The Hall–Kier alpha value is -2.74. The van der Waals surface area contributed by atoms with Crippen LogP contribution in [0.2, 0.25) is 0 Å². The molecule has 0 aromatic carbocycles. The molecular formula is C15H14N6OS. The van der Waals surface area contributed by atoms with Gasteiger partial charge in [0.2, 0.25) is 0 Å². The average molecular weight is 326 g/mol. The fraction of sp³-hybridized carbons (Fsp3) is 0.133. The smallest absolute Gasteiger partial charge is 0.320 e. The third-order valence-electron chi connectivity index (χ3n) is 2.81. The van der Waals surface area contributed by atoms with E-state index in [1.807, 2.05) is 25.1 Å². The molecule has 3 heterocycles. The van der Waals surface area contributed by atoms with Gasteiger partial charge in [0.25, 0.3) is 0 Å². The van der Waals surface area contributed by atoms with Gasteiger partial charge in [-0.25, -0.2) is 19.7 Å². The highest BCUT2D eigenvalue weighted by Crippen LogP contribution is 2.24. The summed E-state index contributed by atoms with van der Waals surface area (Å²) in [5, 5.41) is 6.83. The van der Waals surface area contributed by atoms with Crippen molar-refractivity contribution in [3.8, 4) is 0 Å². The first-order valence-electron chi connectivity index (χ1n) is 7.02. The number of urea groups is 1. The van der Waals surface area contributed by atoms with Gasteiger partial charge >= 0.3 is 6.03 Å². The highest BCUT2D eigenvalue weighted by atomic mass is 32.2. The van der Waals surface area contributed by atoms with Gasteiger partial charge in [-0.2, -0.15) is 0 Å². The van der Waals surface area contributed by atoms with Crippen LogP contribution in [-0.4, -0.2) is 32.5 Å². The van der Waals surface area contributed by atoms with Crippen molar-refractivity contribution in [1.82, 2.24) is 25.3 Å². The highest BCUT2D eigenvalue weighted by Gasteiger charge is 2.07. The molecule has 3 rings (SSSR count). The van der Waals surface area contributed by atoms with Crippen LogP contribution in [0.3, 0.4) is 0 Å². The van der Waals surface area contributed by atoms with E-state index in [0.717, 1.165) is 5.03 Å². The number of amides is 2. The molecular weight excluding hydrogens is 312 g/mol. The van der Waals surface area contributed by atoms with Crippen molar-refractivity contribution in [2.45, 2.75) is 17.0 Å². The molecule has 0 atom stereocenters. The summed E-state index contributed by atoms with van der Waals surface area (Å²) in [7, 11) is 0. The van der Waals surface area contributed by atoms with Gasteiger partial charge in [0.1, 0.15) is 21.4 Å². The first-order valence-corrected chi connectivity index (χ1v) is 7.84. The number of nitrogens with zero attached hydrogens (tertiary/aromatic N) is 4. The van der Waals surface area contributed by atoms with E-state index in [2.05, 4.69) is 30.6 Å². The summed E-state index contributed by atoms with van der Waals surface area (Å²) in [6, 6.07) is 8.83. The van der Waals surface area contributed by atoms with E-state index >= 15 is 0 Å². The second kappa shape index (κ2) is 7.01. The molecule has 2 amide bonds. The number of carbonyl (C=O) groups excluding carboxylic acids is 1. The Morgan fingerprint density at radius 1 is 1.13 bits per heavy atom. The zero-order chi connectivity index (χ0) is 16.1. The lowest BCUT2D eigenvalue weighted by molar-refractivity contribution is 0.252. The van der Waals surface area contributed by atoms with Crippen LogP contribution in [0.15, 0.2) is 52.8 Å². The minimum Gasteiger partial charge on any atom is -0.338 e. The fourth-order valence-electron chi connectivity index (χ4n) is 1.84. The van der Waals surface area contributed by atoms with E-state index in [1.165, 1.54) is 11.8 Å². The minimum atomic E-state index is -0.300. The van der Waals surface area contributed by atoms with Crippen molar-refractivity contribution in [1.29, 1.82) is 0 Å². The summed E-state index contributed by atoms with van der Waals surface area (Å²) < 4.78 is 0. The molecule has 0 saturated heterocycles. The van der Waals surface area contributed by atoms with E-state index in [0.29, 0.717) is 28.6 Å². The van der Waals surface area contributed by atoms with E-state index in [4.69, 9.17) is 0 Å². The lowest BCUT2D eigenvalue weighted by Crippen LogP contribution is -2.28. The number of anilines is 1. The molecule has 0 fully saturated rings. The Labute approximate surface area is 137 Å². The fourth-order valence-corrected chi connectivity index (χ4v) is 2.55. The molecule has 3 aromatic rings. The van der Waals surface area contributed by atoms with Gasteiger partial charge in [-0.05, 0) is 43.0 Å². The molecule has 116 valence electrons. The van der Waals surface area contributed by atoms with Crippen molar-refractivity contribution in [2.75, 3.05) is 11.9 Å². The Bertz CT molecular complexity index is 827. The predicted octanol–water partition coefficient (Wildman–Crippen LogP) is 2.71. The molecule has 0 aliphatic heterocycles. The molecule has 3 aromatic heterocycles. The van der Waals surface area contributed by atoms with Crippen LogP contribution in [0, 0.1) is 0 Å². The van der Waals surface area contributed by atoms with Crippen LogP contribution in [0.1, 0.15) is 6.92 Å². The Kier molecular flexibility index (Phi) is 4.62. The predicted molar refractivity (Wildman–Crippen MR) is 88.4 cm³/mol. The highest BCUT2D eigenvalue weighted by molar-refractivity contribution is 7.99. The van der Waals surface area contributed by atoms with Gasteiger partial charge in [0.05, 0.1) is 6.20 Å². The van der Waals surface area contributed by atoms with Gasteiger partial charge < -0.3 is 5.32 Å². The lowest BCUT2D eigenvalue weighted by atomic mass is 10.4. The second-order valence-corrected chi connectivity index (χ2v) is 5.54. The van der Waals surface area contributed by atoms with Crippen LogP contribution in [-0.2, 0) is 0 Å². The Morgan fingerprint density at radius 3 is 2.83 bits per heavy atom. The van der Waals surface area contributed by atoms with Crippen LogP contribution in [0.5, 0.6) is 0 Å². The number of aromatic nitrogens is 4. The summed E-state index contributed by atoms with van der Waals surface area (Å²) >= 11 is 1.41. The van der Waals surface area contributed by atoms with Gasteiger partial charge in [-0.3, -0.25) is 10.3 Å². The molecule has 23 heavy (non-hydrogen) atoms. The van der Waals surface area contributed by atoms with Gasteiger partial charge in [0.15, 0.2) is 5.65 Å². The zero-order valence-corrected chi connectivity index (χ0v) is 13.2. The average Bonchev–Trinajstić information content (AvgIpc) is 2.56. The molecule has 0 aliphatic carbocycles. The van der Waals surface area contributed by atoms with Crippen molar-refractivity contribution in [3.05, 3.63) is 42.7 Å². The van der Waals surface area contributed by atoms with Crippen molar-refractivity contribution >= 4 is 34.8 Å². The summed E-state index contributed by atoms with van der Waals surface area (Å²) in [6.45, 7) is 2.39. The maximum atomic E-state index is 11.5. The topological polar surface area (TPSA) is 92.7 Å². The van der Waals surface area contributed by atoms with Gasteiger partial charge in [-0.15, -0.1) is 0 Å². The molecule has 0 aliphatic rings. The summed E-state index contributed by atoms with van der Waals surface area (Å²) in [5.74, 6) is 0.428. The normalized spacial score (nSPS) is 10.5. The molecule has 0 spiro atoms. The Morgan fingerprint density at radius 2 is 2.04 bits per heavy atom. The van der Waals surface area contributed by atoms with E-state index < -0.39 is 0 Å². The van der Waals surface area contributed by atoms with Crippen molar-refractivity contribution < 1.29 is 4.79 Å². The molecule has 8 heteroatoms. The standard InChI is InChI=1S/C15H14N6OS/c1-2-16-15(22)20-11-7-6-10-14(19-11)21-13(9-18-10)23-12-5-3-4-8-17-12/h3-9H,2H2,1H3,(H2,16,19,20,21,22). The Balaban J connectivity index is 1.84. The quantitative estimate of drug-likeness (QED) is 0.766. The van der Waals surface area contributed by atoms with Crippen molar-refractivity contribution in [2.24, 2.45) is 0 Å². The van der Waals surface area contributed by atoms with Crippen LogP contribution >= 0.6 is 11.8 Å². The third-order valence-corrected chi connectivity index (χ3v) is 3.67. The number of nitrogens with one attached hydrogen (secondary N) is 2. The number of carbonyl (C=O) groups is 1. The largest absolute Gasteiger partial charge is 0.338 e. The summed E-state index contributed by atoms with van der Waals surface area (Å²) in [6.07, 6.45) is 3.41. The molecule has 0 saturated carbocycles. The van der Waals surface area contributed by atoms with Crippen LogP contribution in [0.25, 0.3) is 11.2 Å². The van der Waals surface area contributed by atoms with Crippen LogP contribution in [0.4, 0.5) is 10.6 Å². The third kappa shape index (κ3) is 3.92. The van der Waals surface area contributed by atoms with E-state index in [9.17, 15) is 4.79 Å². The summed E-state index contributed by atoms with van der Waals surface area (Å²) in [4.78, 5) is 28.9. The minimum absolute atomic E-state index is 0.300. The molecule has 2 N–H and O–H groups in total. The number of rotatable bonds is 4. The first kappa shape index (κ1) is 15.2. The molecule has 0 radical (unpaired) electrons. The SMILES string of the molecule is CCNC(=O)Nc1ccc2ncc(Sc3ccccn3)nc2n1. The number of hydrogen-bond donors (Lipinski definition) is 2.